The average molecular weight is 342 g/mol. The summed E-state index contributed by atoms with van der Waals surface area (Å²) < 4.78 is 4.81. The van der Waals surface area contributed by atoms with Crippen molar-refractivity contribution in [1.29, 1.82) is 0 Å². The minimum absolute atomic E-state index is 0.0918. The fourth-order valence-corrected chi connectivity index (χ4v) is 2.83. The Hall–Kier alpha value is -1.93. The zero-order valence-electron chi connectivity index (χ0n) is 13.0. The number of methoxy groups -OCH3 is 1. The van der Waals surface area contributed by atoms with Crippen LogP contribution in [0.5, 0.6) is 0 Å². The molecule has 0 saturated heterocycles. The minimum Gasteiger partial charge on any atom is -0.481 e. The van der Waals surface area contributed by atoms with E-state index in [0.717, 1.165) is 4.88 Å². The monoisotopic (exact) mass is 342 g/mol. The molecule has 8 heteroatoms. The van der Waals surface area contributed by atoms with Crippen LogP contribution in [-0.4, -0.2) is 49.7 Å². The van der Waals surface area contributed by atoms with Gasteiger partial charge in [0.25, 0.3) is 0 Å². The molecule has 0 aliphatic rings. The molecule has 3 N–H and O–H groups in total. The van der Waals surface area contributed by atoms with Gasteiger partial charge in [0.2, 0.25) is 11.8 Å². The smallest absolute Gasteiger partial charge is 0.304 e. The molecule has 1 unspecified atom stereocenters. The van der Waals surface area contributed by atoms with Gasteiger partial charge in [-0.1, -0.05) is 6.07 Å². The maximum atomic E-state index is 11.9. The highest BCUT2D eigenvalue weighted by atomic mass is 32.1. The van der Waals surface area contributed by atoms with Crippen molar-refractivity contribution in [2.24, 2.45) is 0 Å². The predicted molar refractivity (Wildman–Crippen MR) is 86.4 cm³/mol. The van der Waals surface area contributed by atoms with E-state index in [2.05, 4.69) is 10.6 Å². The standard InChI is InChI=1S/C15H22N2O5S/c1-22-7-6-17-13(18)4-5-16-14(19)9-11(10-15(20)21)12-3-2-8-23-12/h2-3,8,11H,4-7,9-10H2,1H3,(H,16,19)(H,17,18)(H,20,21). The van der Waals surface area contributed by atoms with Crippen molar-refractivity contribution in [2.45, 2.75) is 25.2 Å². The molecule has 23 heavy (non-hydrogen) atoms. The van der Waals surface area contributed by atoms with E-state index in [-0.39, 0.29) is 43.5 Å². The second-order valence-corrected chi connectivity index (χ2v) is 5.94. The number of hydrogen-bond donors (Lipinski definition) is 3. The first-order chi connectivity index (χ1) is 11.0. The van der Waals surface area contributed by atoms with E-state index < -0.39 is 5.97 Å². The van der Waals surface area contributed by atoms with Crippen LogP contribution in [0.4, 0.5) is 0 Å². The molecule has 1 rings (SSSR count). The highest BCUT2D eigenvalue weighted by Gasteiger charge is 2.20. The number of aliphatic carboxylic acids is 1. The molecule has 0 saturated carbocycles. The largest absolute Gasteiger partial charge is 0.481 e. The summed E-state index contributed by atoms with van der Waals surface area (Å²) in [6, 6.07) is 3.66. The molecule has 7 nitrogen and oxygen atoms in total. The van der Waals surface area contributed by atoms with Crippen LogP contribution in [0.2, 0.25) is 0 Å². The van der Waals surface area contributed by atoms with Gasteiger partial charge in [0.1, 0.15) is 0 Å². The summed E-state index contributed by atoms with van der Waals surface area (Å²) in [5.74, 6) is -1.70. The zero-order chi connectivity index (χ0) is 17.1. The van der Waals surface area contributed by atoms with Gasteiger partial charge in [-0.2, -0.15) is 0 Å². The first-order valence-electron chi connectivity index (χ1n) is 7.30. The molecule has 0 aliphatic carbocycles. The molecule has 0 fully saturated rings. The molecule has 0 radical (unpaired) electrons. The Morgan fingerprint density at radius 3 is 2.57 bits per heavy atom. The SMILES string of the molecule is COCCNC(=O)CCNC(=O)CC(CC(=O)O)c1cccs1. The molecule has 0 aromatic carbocycles. The summed E-state index contributed by atoms with van der Waals surface area (Å²) in [7, 11) is 1.55. The van der Waals surface area contributed by atoms with Crippen molar-refractivity contribution < 1.29 is 24.2 Å². The highest BCUT2D eigenvalue weighted by molar-refractivity contribution is 7.10. The molecule has 2 amide bonds. The number of carboxylic acids is 1. The van der Waals surface area contributed by atoms with E-state index in [9.17, 15) is 14.4 Å². The van der Waals surface area contributed by atoms with E-state index in [0.29, 0.717) is 13.2 Å². The molecular formula is C15H22N2O5S. The molecule has 1 heterocycles. The van der Waals surface area contributed by atoms with Crippen molar-refractivity contribution in [2.75, 3.05) is 26.8 Å². The normalized spacial score (nSPS) is 11.7. The fourth-order valence-electron chi connectivity index (χ4n) is 2.00. The summed E-state index contributed by atoms with van der Waals surface area (Å²) in [5.41, 5.74) is 0. The summed E-state index contributed by atoms with van der Waals surface area (Å²) in [6.45, 7) is 1.10. The van der Waals surface area contributed by atoms with Crippen LogP contribution >= 0.6 is 11.3 Å². The van der Waals surface area contributed by atoms with Gasteiger partial charge in [-0.05, 0) is 11.4 Å². The van der Waals surface area contributed by atoms with Crippen molar-refractivity contribution >= 4 is 29.1 Å². The third kappa shape index (κ3) is 8.32. The lowest BCUT2D eigenvalue weighted by atomic mass is 9.99. The molecular weight excluding hydrogens is 320 g/mol. The number of hydrogen-bond acceptors (Lipinski definition) is 5. The molecule has 1 aromatic heterocycles. The Kier molecular flexibility index (Phi) is 8.93. The minimum atomic E-state index is -0.936. The highest BCUT2D eigenvalue weighted by Crippen LogP contribution is 2.27. The van der Waals surface area contributed by atoms with E-state index in [1.807, 2.05) is 17.5 Å². The lowest BCUT2D eigenvalue weighted by Gasteiger charge is -2.13. The number of nitrogens with one attached hydrogen (secondary N) is 2. The summed E-state index contributed by atoms with van der Waals surface area (Å²) >= 11 is 1.44. The molecule has 1 aromatic rings. The van der Waals surface area contributed by atoms with Crippen LogP contribution in [0.1, 0.15) is 30.1 Å². The summed E-state index contributed by atoms with van der Waals surface area (Å²) in [5, 5.41) is 16.1. The van der Waals surface area contributed by atoms with Crippen molar-refractivity contribution in [3.8, 4) is 0 Å². The van der Waals surface area contributed by atoms with Crippen LogP contribution in [-0.2, 0) is 19.1 Å². The second-order valence-electron chi connectivity index (χ2n) is 4.96. The maximum absolute atomic E-state index is 11.9. The van der Waals surface area contributed by atoms with Crippen LogP contribution in [0.3, 0.4) is 0 Å². The topological polar surface area (TPSA) is 105 Å². The Labute approximate surface area is 139 Å². The van der Waals surface area contributed by atoms with Crippen LogP contribution < -0.4 is 10.6 Å². The third-order valence-electron chi connectivity index (χ3n) is 3.10. The zero-order valence-corrected chi connectivity index (χ0v) is 13.9. The van der Waals surface area contributed by atoms with Gasteiger partial charge in [-0.3, -0.25) is 14.4 Å². The maximum Gasteiger partial charge on any atom is 0.304 e. The first-order valence-corrected chi connectivity index (χ1v) is 8.18. The lowest BCUT2D eigenvalue weighted by molar-refractivity contribution is -0.137. The van der Waals surface area contributed by atoms with Gasteiger partial charge in [0.15, 0.2) is 0 Å². The molecule has 0 spiro atoms. The van der Waals surface area contributed by atoms with Crippen LogP contribution in [0.15, 0.2) is 17.5 Å². The number of ether oxygens (including phenoxy) is 1. The molecule has 1 atom stereocenters. The molecule has 128 valence electrons. The van der Waals surface area contributed by atoms with Crippen molar-refractivity contribution in [3.63, 3.8) is 0 Å². The van der Waals surface area contributed by atoms with Gasteiger partial charge in [0, 0.05) is 43.8 Å². The molecule has 0 bridgehead atoms. The van der Waals surface area contributed by atoms with Gasteiger partial charge in [0.05, 0.1) is 13.0 Å². The summed E-state index contributed by atoms with van der Waals surface area (Å²) in [6.07, 6.45) is 0.182. The van der Waals surface area contributed by atoms with Crippen molar-refractivity contribution in [1.82, 2.24) is 10.6 Å². The van der Waals surface area contributed by atoms with E-state index in [4.69, 9.17) is 9.84 Å². The Morgan fingerprint density at radius 2 is 1.96 bits per heavy atom. The lowest BCUT2D eigenvalue weighted by Crippen LogP contribution is -2.32. The first kappa shape index (κ1) is 19.1. The molecule has 0 aliphatic heterocycles. The summed E-state index contributed by atoms with van der Waals surface area (Å²) in [4.78, 5) is 35.2. The van der Waals surface area contributed by atoms with Gasteiger partial charge >= 0.3 is 5.97 Å². The fraction of sp³-hybridized carbons (Fsp3) is 0.533. The number of rotatable bonds is 11. The Bertz CT molecular complexity index is 504. The Balaban J connectivity index is 2.33. The van der Waals surface area contributed by atoms with E-state index in [1.54, 1.807) is 7.11 Å². The second kappa shape index (κ2) is 10.7. The average Bonchev–Trinajstić information content (AvgIpc) is 3.00. The Morgan fingerprint density at radius 1 is 1.22 bits per heavy atom. The van der Waals surface area contributed by atoms with Gasteiger partial charge < -0.3 is 20.5 Å². The predicted octanol–water partition coefficient (Wildman–Crippen LogP) is 0.965. The number of carbonyl (C=O) groups is 3. The number of carboxylic acid groups (broad SMARTS) is 1. The van der Waals surface area contributed by atoms with Crippen LogP contribution in [0, 0.1) is 0 Å². The van der Waals surface area contributed by atoms with Crippen molar-refractivity contribution in [3.05, 3.63) is 22.4 Å². The van der Waals surface area contributed by atoms with Crippen LogP contribution in [0.25, 0.3) is 0 Å². The number of thiophene rings is 1. The third-order valence-corrected chi connectivity index (χ3v) is 4.14. The quantitative estimate of drug-likeness (QED) is 0.520. The van der Waals surface area contributed by atoms with E-state index >= 15 is 0 Å². The number of amides is 2. The number of carbonyl (C=O) groups excluding carboxylic acids is 2. The van der Waals surface area contributed by atoms with Gasteiger partial charge in [-0.25, -0.2) is 0 Å². The van der Waals surface area contributed by atoms with E-state index in [1.165, 1.54) is 11.3 Å². The van der Waals surface area contributed by atoms with Gasteiger partial charge in [-0.15, -0.1) is 11.3 Å².